The number of anilines is 2. The number of hydrogen-bond donors (Lipinski definition) is 2. The molecule has 7 nitrogen and oxygen atoms in total. The van der Waals surface area contributed by atoms with Crippen LogP contribution in [-0.2, 0) is 21.4 Å². The van der Waals surface area contributed by atoms with Crippen LogP contribution in [0.5, 0.6) is 0 Å². The summed E-state index contributed by atoms with van der Waals surface area (Å²) in [5, 5.41) is 4.71. The van der Waals surface area contributed by atoms with Gasteiger partial charge in [0.15, 0.2) is 0 Å². The number of hydrogen-bond acceptors (Lipinski definition) is 5. The van der Waals surface area contributed by atoms with Gasteiger partial charge in [-0.3, -0.25) is 14.3 Å². The zero-order valence-corrected chi connectivity index (χ0v) is 18.7. The molecule has 158 valence electrons. The lowest BCUT2D eigenvalue weighted by molar-refractivity contribution is -0.116. The van der Waals surface area contributed by atoms with Crippen LogP contribution in [-0.4, -0.2) is 18.9 Å². The average Bonchev–Trinajstić information content (AvgIpc) is 3.01. The largest absolute Gasteiger partial charge is 0.326 e. The fourth-order valence-corrected chi connectivity index (χ4v) is 5.17. The second-order valence-corrected chi connectivity index (χ2v) is 9.54. The first kappa shape index (κ1) is 22.1. The molecule has 0 bridgehead atoms. The average molecular weight is 466 g/mol. The summed E-state index contributed by atoms with van der Waals surface area (Å²) in [6.07, 6.45) is 0.0886. The number of para-hydroxylation sites is 1. The van der Waals surface area contributed by atoms with E-state index in [1.165, 1.54) is 10.6 Å². The summed E-state index contributed by atoms with van der Waals surface area (Å²) in [5.41, 5.74) is 1.93. The maximum Gasteiger partial charge on any atom is 0.307 e. The number of aryl methyl sites for hydroxylation is 2. The van der Waals surface area contributed by atoms with Gasteiger partial charge in [0.05, 0.1) is 15.6 Å². The van der Waals surface area contributed by atoms with Crippen LogP contribution in [0.4, 0.5) is 11.4 Å². The van der Waals surface area contributed by atoms with Crippen LogP contribution in [0, 0.1) is 13.8 Å². The summed E-state index contributed by atoms with van der Waals surface area (Å²) in [4.78, 5) is 24.0. The quantitative estimate of drug-likeness (QED) is 0.550. The van der Waals surface area contributed by atoms with Crippen molar-refractivity contribution in [2.45, 2.75) is 31.7 Å². The van der Waals surface area contributed by atoms with E-state index in [0.717, 1.165) is 17.0 Å². The molecule has 0 spiro atoms. The number of carbonyl (C=O) groups is 1. The molecule has 0 aliphatic carbocycles. The molecular weight excluding hydrogens is 446 g/mol. The van der Waals surface area contributed by atoms with Crippen LogP contribution in [0.1, 0.15) is 17.7 Å². The predicted molar refractivity (Wildman–Crippen MR) is 120 cm³/mol. The molecule has 0 fully saturated rings. The van der Waals surface area contributed by atoms with Crippen LogP contribution in [0.3, 0.4) is 0 Å². The lowest BCUT2D eigenvalue weighted by atomic mass is 10.2. The molecule has 0 aliphatic heterocycles. The maximum atomic E-state index is 12.8. The Morgan fingerprint density at radius 2 is 1.90 bits per heavy atom. The van der Waals surface area contributed by atoms with Gasteiger partial charge in [-0.05, 0) is 43.7 Å². The third-order valence-corrected chi connectivity index (χ3v) is 7.14. The first-order chi connectivity index (χ1) is 14.2. The molecular formula is C20H20ClN3O4S2. The van der Waals surface area contributed by atoms with Gasteiger partial charge in [-0.2, -0.15) is 0 Å². The maximum absolute atomic E-state index is 12.8. The number of aromatic nitrogens is 1. The van der Waals surface area contributed by atoms with Crippen molar-refractivity contribution < 1.29 is 13.2 Å². The van der Waals surface area contributed by atoms with E-state index in [1.54, 1.807) is 55.6 Å². The van der Waals surface area contributed by atoms with Gasteiger partial charge >= 0.3 is 4.87 Å². The van der Waals surface area contributed by atoms with Crippen molar-refractivity contribution in [2.75, 3.05) is 10.0 Å². The number of amides is 1. The van der Waals surface area contributed by atoms with Crippen molar-refractivity contribution in [1.82, 2.24) is 4.57 Å². The molecule has 0 saturated heterocycles. The van der Waals surface area contributed by atoms with E-state index in [2.05, 4.69) is 10.0 Å². The highest BCUT2D eigenvalue weighted by atomic mass is 35.5. The number of nitrogens with zero attached hydrogens (tertiary/aromatic N) is 1. The third kappa shape index (κ3) is 5.10. The molecule has 1 amide bonds. The minimum atomic E-state index is -3.91. The molecule has 2 aromatic carbocycles. The lowest BCUT2D eigenvalue weighted by Crippen LogP contribution is -2.20. The molecule has 0 radical (unpaired) electrons. The highest BCUT2D eigenvalue weighted by molar-refractivity contribution is 7.92. The fraction of sp³-hybridized carbons (Fsp3) is 0.200. The number of thiazole rings is 1. The number of nitrogens with one attached hydrogen (secondary N) is 2. The van der Waals surface area contributed by atoms with Crippen LogP contribution in [0.2, 0.25) is 5.02 Å². The van der Waals surface area contributed by atoms with Crippen molar-refractivity contribution in [2.24, 2.45) is 0 Å². The van der Waals surface area contributed by atoms with Crippen LogP contribution >= 0.6 is 22.9 Å². The van der Waals surface area contributed by atoms with Gasteiger partial charge in [0.1, 0.15) is 0 Å². The smallest absolute Gasteiger partial charge is 0.307 e. The first-order valence-corrected chi connectivity index (χ1v) is 11.7. The van der Waals surface area contributed by atoms with E-state index in [9.17, 15) is 18.0 Å². The molecule has 1 heterocycles. The van der Waals surface area contributed by atoms with E-state index >= 15 is 0 Å². The zero-order chi connectivity index (χ0) is 21.9. The molecule has 0 atom stereocenters. The second kappa shape index (κ2) is 9.03. The molecule has 3 aromatic rings. The molecule has 0 aliphatic rings. The lowest BCUT2D eigenvalue weighted by Gasteiger charge is -2.13. The van der Waals surface area contributed by atoms with E-state index < -0.39 is 10.0 Å². The topological polar surface area (TPSA) is 97.3 Å². The Morgan fingerprint density at radius 1 is 1.17 bits per heavy atom. The standard InChI is InChI=1S/C20H20ClN3O4S2/c1-13-7-8-15(22-19(25)9-10-24-14(2)12-29-20(24)26)11-18(13)30(27,28)23-17-6-4-3-5-16(17)21/h3-8,11-12,23H,9-10H2,1-2H3,(H,22,25). The van der Waals surface area contributed by atoms with Crippen molar-refractivity contribution in [1.29, 1.82) is 0 Å². The Bertz CT molecular complexity index is 1250. The van der Waals surface area contributed by atoms with Crippen LogP contribution in [0.15, 0.2) is 57.5 Å². The number of benzene rings is 2. The van der Waals surface area contributed by atoms with E-state index in [0.29, 0.717) is 11.3 Å². The number of rotatable bonds is 7. The summed E-state index contributed by atoms with van der Waals surface area (Å²) >= 11 is 7.14. The van der Waals surface area contributed by atoms with Crippen LogP contribution in [0.25, 0.3) is 0 Å². The highest BCUT2D eigenvalue weighted by Crippen LogP contribution is 2.26. The van der Waals surface area contributed by atoms with Gasteiger partial charge in [-0.15, -0.1) is 0 Å². The Kier molecular flexibility index (Phi) is 6.64. The number of carbonyl (C=O) groups excluding carboxylic acids is 1. The Morgan fingerprint density at radius 3 is 2.57 bits per heavy atom. The van der Waals surface area contributed by atoms with Crippen molar-refractivity contribution in [3.63, 3.8) is 0 Å². The normalized spacial score (nSPS) is 11.3. The van der Waals surface area contributed by atoms with E-state index in [4.69, 9.17) is 11.6 Å². The number of sulfonamides is 1. The zero-order valence-electron chi connectivity index (χ0n) is 16.3. The summed E-state index contributed by atoms with van der Waals surface area (Å²) in [7, 11) is -3.91. The molecule has 3 rings (SSSR count). The molecule has 0 unspecified atom stereocenters. The van der Waals surface area contributed by atoms with Gasteiger partial charge in [0, 0.05) is 29.7 Å². The molecule has 1 aromatic heterocycles. The van der Waals surface area contributed by atoms with Crippen LogP contribution < -0.4 is 14.9 Å². The Balaban J connectivity index is 1.75. The SMILES string of the molecule is Cc1ccc(NC(=O)CCn2c(C)csc2=O)cc1S(=O)(=O)Nc1ccccc1Cl. The summed E-state index contributed by atoms with van der Waals surface area (Å²) in [6, 6.07) is 11.2. The number of halogens is 1. The molecule has 2 N–H and O–H groups in total. The monoisotopic (exact) mass is 465 g/mol. The van der Waals surface area contributed by atoms with Gasteiger partial charge < -0.3 is 9.88 Å². The minimum Gasteiger partial charge on any atom is -0.326 e. The Labute approximate surface area is 183 Å². The molecule has 30 heavy (non-hydrogen) atoms. The molecule has 10 heteroatoms. The van der Waals surface area contributed by atoms with Gasteiger partial charge in [-0.25, -0.2) is 8.42 Å². The second-order valence-electron chi connectivity index (χ2n) is 6.66. The van der Waals surface area contributed by atoms with Gasteiger partial charge in [0.2, 0.25) is 5.91 Å². The minimum absolute atomic E-state index is 0.0325. The van der Waals surface area contributed by atoms with Crippen molar-refractivity contribution in [3.05, 3.63) is 73.8 Å². The summed E-state index contributed by atoms with van der Waals surface area (Å²) in [6.45, 7) is 3.72. The van der Waals surface area contributed by atoms with E-state index in [-0.39, 0.29) is 39.4 Å². The highest BCUT2D eigenvalue weighted by Gasteiger charge is 2.19. The third-order valence-electron chi connectivity index (χ3n) is 4.42. The van der Waals surface area contributed by atoms with Gasteiger partial charge in [-0.1, -0.05) is 41.1 Å². The van der Waals surface area contributed by atoms with Crippen molar-refractivity contribution >= 4 is 50.2 Å². The van der Waals surface area contributed by atoms with E-state index in [1.807, 2.05) is 0 Å². The van der Waals surface area contributed by atoms with Gasteiger partial charge in [0.25, 0.3) is 10.0 Å². The van der Waals surface area contributed by atoms with Crippen molar-refractivity contribution in [3.8, 4) is 0 Å². The Hall–Kier alpha value is -2.62. The fourth-order valence-electron chi connectivity index (χ4n) is 2.82. The first-order valence-electron chi connectivity index (χ1n) is 9.00. The molecule has 0 saturated carbocycles. The summed E-state index contributed by atoms with van der Waals surface area (Å²) < 4.78 is 29.7. The predicted octanol–water partition coefficient (Wildman–Crippen LogP) is 4.01. The summed E-state index contributed by atoms with van der Waals surface area (Å²) in [5.74, 6) is -0.321.